The van der Waals surface area contributed by atoms with E-state index in [0.29, 0.717) is 0 Å². The predicted octanol–water partition coefficient (Wildman–Crippen LogP) is 4.94. The summed E-state index contributed by atoms with van der Waals surface area (Å²) in [6.45, 7) is 10.6. The molecule has 0 aromatic carbocycles. The van der Waals surface area contributed by atoms with Gasteiger partial charge >= 0.3 is 0 Å². The molecule has 0 N–H and O–H groups in total. The zero-order valence-corrected chi connectivity index (χ0v) is 13.9. The van der Waals surface area contributed by atoms with E-state index in [9.17, 15) is 0 Å². The van der Waals surface area contributed by atoms with E-state index in [-0.39, 0.29) is 0 Å². The van der Waals surface area contributed by atoms with Crippen LogP contribution in [0.4, 0.5) is 0 Å². The molecule has 0 fully saturated rings. The maximum Gasteiger partial charge on any atom is 0.153 e. The smallest absolute Gasteiger partial charge is 0.153 e. The molecular weight excluding hydrogens is 272 g/mol. The lowest BCUT2D eigenvalue weighted by Gasteiger charge is -2.13. The molecule has 0 unspecified atom stereocenters. The average Bonchev–Trinajstić information content (AvgIpc) is 2.89. The molecule has 0 radical (unpaired) electrons. The second-order valence-corrected chi connectivity index (χ2v) is 5.79. The molecule has 0 aliphatic carbocycles. The van der Waals surface area contributed by atoms with Gasteiger partial charge in [0.15, 0.2) is 5.58 Å². The first-order valence-electron chi connectivity index (χ1n) is 7.90. The second kappa shape index (κ2) is 5.56. The quantitative estimate of drug-likeness (QED) is 0.686. The van der Waals surface area contributed by atoms with Crippen molar-refractivity contribution in [2.24, 2.45) is 0 Å². The maximum atomic E-state index is 6.05. The lowest BCUT2D eigenvalue weighted by molar-refractivity contribution is 0.627. The average molecular weight is 294 g/mol. The van der Waals surface area contributed by atoms with E-state index in [4.69, 9.17) is 9.40 Å². The number of rotatable bonds is 3. The third kappa shape index (κ3) is 2.31. The van der Waals surface area contributed by atoms with Gasteiger partial charge in [0.25, 0.3) is 0 Å². The van der Waals surface area contributed by atoms with Crippen LogP contribution < -0.4 is 0 Å². The molecule has 0 atom stereocenters. The van der Waals surface area contributed by atoms with Crippen LogP contribution in [0.15, 0.2) is 22.7 Å². The Morgan fingerprint density at radius 1 is 1.00 bits per heavy atom. The highest BCUT2D eigenvalue weighted by molar-refractivity contribution is 5.83. The van der Waals surface area contributed by atoms with Crippen LogP contribution in [0.3, 0.4) is 0 Å². The number of hydrogen-bond donors (Lipinski definition) is 0. The first kappa shape index (κ1) is 14.8. The van der Waals surface area contributed by atoms with Crippen LogP contribution >= 0.6 is 0 Å². The summed E-state index contributed by atoms with van der Waals surface area (Å²) < 4.78 is 6.05. The van der Waals surface area contributed by atoms with E-state index < -0.39 is 0 Å². The van der Waals surface area contributed by atoms with Gasteiger partial charge in [-0.05, 0) is 56.9 Å². The number of fused-ring (bicyclic) bond motifs is 1. The zero-order valence-electron chi connectivity index (χ0n) is 13.9. The van der Waals surface area contributed by atoms with Gasteiger partial charge in [-0.3, -0.25) is 9.97 Å². The van der Waals surface area contributed by atoms with Gasteiger partial charge in [-0.2, -0.15) is 0 Å². The first-order chi connectivity index (χ1) is 10.5. The van der Waals surface area contributed by atoms with Crippen LogP contribution in [0.2, 0.25) is 0 Å². The Morgan fingerprint density at radius 3 is 2.45 bits per heavy atom. The summed E-state index contributed by atoms with van der Waals surface area (Å²) >= 11 is 0. The number of hydrogen-bond acceptors (Lipinski definition) is 3. The van der Waals surface area contributed by atoms with E-state index >= 15 is 0 Å². The zero-order chi connectivity index (χ0) is 15.9. The van der Waals surface area contributed by atoms with Crippen molar-refractivity contribution in [3.8, 4) is 11.3 Å². The van der Waals surface area contributed by atoms with Gasteiger partial charge < -0.3 is 4.42 Å². The standard InChI is InChI=1S/C19H22N2O/c1-6-15-8-14-9-17(22-18(14)10-20-15)19-11(3)16(7-2)12(4)21-13(19)5/h8-10H,6-7H2,1-5H3. The van der Waals surface area contributed by atoms with Crippen molar-refractivity contribution in [1.82, 2.24) is 9.97 Å². The molecule has 0 aliphatic rings. The minimum Gasteiger partial charge on any atom is -0.454 e. The molecule has 0 amide bonds. The SMILES string of the molecule is CCc1cc2cc(-c3c(C)nc(C)c(CC)c3C)oc2cn1. The van der Waals surface area contributed by atoms with Crippen molar-refractivity contribution in [2.75, 3.05) is 0 Å². The predicted molar refractivity (Wildman–Crippen MR) is 90.2 cm³/mol. The second-order valence-electron chi connectivity index (χ2n) is 5.79. The lowest BCUT2D eigenvalue weighted by Crippen LogP contribution is -2.01. The molecule has 0 saturated heterocycles. The topological polar surface area (TPSA) is 38.9 Å². The summed E-state index contributed by atoms with van der Waals surface area (Å²) in [6.07, 6.45) is 3.74. The fourth-order valence-electron chi connectivity index (χ4n) is 3.26. The fraction of sp³-hybridized carbons (Fsp3) is 0.368. The molecule has 3 heterocycles. The van der Waals surface area contributed by atoms with Gasteiger partial charge in [0.05, 0.1) is 6.20 Å². The minimum absolute atomic E-state index is 0.838. The van der Waals surface area contributed by atoms with Gasteiger partial charge in [0.2, 0.25) is 0 Å². The van der Waals surface area contributed by atoms with E-state index in [1.807, 2.05) is 6.20 Å². The molecule has 0 bridgehead atoms. The van der Waals surface area contributed by atoms with Gasteiger partial charge in [-0.1, -0.05) is 13.8 Å². The van der Waals surface area contributed by atoms with Crippen molar-refractivity contribution < 1.29 is 4.42 Å². The van der Waals surface area contributed by atoms with Crippen molar-refractivity contribution in [3.63, 3.8) is 0 Å². The molecule has 3 heteroatoms. The van der Waals surface area contributed by atoms with Crippen LogP contribution in [0.5, 0.6) is 0 Å². The normalized spacial score (nSPS) is 11.3. The highest BCUT2D eigenvalue weighted by Crippen LogP contribution is 2.34. The molecule has 3 rings (SSSR count). The number of aryl methyl sites for hydroxylation is 3. The van der Waals surface area contributed by atoms with Gasteiger partial charge in [-0.15, -0.1) is 0 Å². The molecule has 3 aromatic heterocycles. The molecule has 114 valence electrons. The minimum atomic E-state index is 0.838. The van der Waals surface area contributed by atoms with Gasteiger partial charge in [-0.25, -0.2) is 0 Å². The summed E-state index contributed by atoms with van der Waals surface area (Å²) in [5.41, 5.74) is 7.77. The van der Waals surface area contributed by atoms with Crippen molar-refractivity contribution in [1.29, 1.82) is 0 Å². The molecule has 3 nitrogen and oxygen atoms in total. The molecule has 0 aliphatic heterocycles. The summed E-state index contributed by atoms with van der Waals surface area (Å²) in [5.74, 6) is 0.891. The molecular formula is C19H22N2O. The molecule has 0 saturated carbocycles. The largest absolute Gasteiger partial charge is 0.454 e. The Hall–Kier alpha value is -2.16. The molecule has 22 heavy (non-hydrogen) atoms. The van der Waals surface area contributed by atoms with Crippen LogP contribution in [-0.4, -0.2) is 9.97 Å². The van der Waals surface area contributed by atoms with Crippen LogP contribution in [-0.2, 0) is 12.8 Å². The monoisotopic (exact) mass is 294 g/mol. The molecule has 0 spiro atoms. The highest BCUT2D eigenvalue weighted by atomic mass is 16.3. The summed E-state index contributed by atoms with van der Waals surface area (Å²) in [6, 6.07) is 4.22. The van der Waals surface area contributed by atoms with E-state index in [0.717, 1.165) is 52.2 Å². The Kier molecular flexibility index (Phi) is 3.73. The summed E-state index contributed by atoms with van der Waals surface area (Å²) in [5, 5.41) is 1.11. The number of furan rings is 1. The third-order valence-electron chi connectivity index (χ3n) is 4.38. The van der Waals surface area contributed by atoms with Crippen LogP contribution in [0.25, 0.3) is 22.3 Å². The van der Waals surface area contributed by atoms with E-state index in [1.54, 1.807) is 0 Å². The Bertz CT molecular complexity index is 846. The van der Waals surface area contributed by atoms with Crippen molar-refractivity contribution >= 4 is 11.0 Å². The lowest BCUT2D eigenvalue weighted by atomic mass is 9.96. The van der Waals surface area contributed by atoms with Crippen LogP contribution in [0.1, 0.15) is 42.1 Å². The highest BCUT2D eigenvalue weighted by Gasteiger charge is 2.16. The third-order valence-corrected chi connectivity index (χ3v) is 4.38. The van der Waals surface area contributed by atoms with E-state index in [2.05, 4.69) is 51.7 Å². The van der Waals surface area contributed by atoms with Gasteiger partial charge in [0, 0.05) is 28.0 Å². The maximum absolute atomic E-state index is 6.05. The summed E-state index contributed by atoms with van der Waals surface area (Å²) in [7, 11) is 0. The Balaban J connectivity index is 2.23. The number of aromatic nitrogens is 2. The van der Waals surface area contributed by atoms with Crippen LogP contribution in [0, 0.1) is 20.8 Å². The fourth-order valence-corrected chi connectivity index (χ4v) is 3.26. The molecule has 3 aromatic rings. The Labute approximate surface area is 131 Å². The number of nitrogens with zero attached hydrogens (tertiary/aromatic N) is 2. The Morgan fingerprint density at radius 2 is 1.77 bits per heavy atom. The van der Waals surface area contributed by atoms with E-state index in [1.165, 1.54) is 11.1 Å². The van der Waals surface area contributed by atoms with Crippen molar-refractivity contribution in [2.45, 2.75) is 47.5 Å². The first-order valence-corrected chi connectivity index (χ1v) is 7.90. The summed E-state index contributed by atoms with van der Waals surface area (Å²) in [4.78, 5) is 9.13. The number of pyridine rings is 2. The van der Waals surface area contributed by atoms with Crippen molar-refractivity contribution in [3.05, 3.63) is 46.5 Å². The van der Waals surface area contributed by atoms with Gasteiger partial charge in [0.1, 0.15) is 5.76 Å².